The summed E-state index contributed by atoms with van der Waals surface area (Å²) in [6.45, 7) is 0. The van der Waals surface area contributed by atoms with Crippen LogP contribution in [-0.2, 0) is 0 Å². The standard InChI is InChI=1S/C14H16N4O/c1-18(2)12-5-3-4-11(9-12)17-14(19)10-6-7-16-13(15)8-10/h3-9H,1-2H3,(H2,15,16)(H,17,19). The van der Waals surface area contributed by atoms with Crippen LogP contribution in [0.2, 0.25) is 0 Å². The van der Waals surface area contributed by atoms with Gasteiger partial charge in [0.2, 0.25) is 0 Å². The number of aromatic nitrogens is 1. The summed E-state index contributed by atoms with van der Waals surface area (Å²) >= 11 is 0. The Morgan fingerprint density at radius 2 is 2.05 bits per heavy atom. The molecular formula is C14H16N4O. The van der Waals surface area contributed by atoms with Crippen LogP contribution in [0.25, 0.3) is 0 Å². The first kappa shape index (κ1) is 12.9. The molecule has 0 saturated carbocycles. The van der Waals surface area contributed by atoms with Gasteiger partial charge in [0.15, 0.2) is 0 Å². The first-order valence-corrected chi connectivity index (χ1v) is 5.86. The molecule has 0 aliphatic heterocycles. The van der Waals surface area contributed by atoms with Crippen LogP contribution in [-0.4, -0.2) is 25.0 Å². The molecule has 0 saturated heterocycles. The molecule has 5 heteroatoms. The van der Waals surface area contributed by atoms with Crippen LogP contribution in [0.4, 0.5) is 17.2 Å². The minimum atomic E-state index is -0.204. The molecule has 0 aliphatic rings. The van der Waals surface area contributed by atoms with E-state index in [0.29, 0.717) is 11.4 Å². The van der Waals surface area contributed by atoms with Crippen molar-refractivity contribution in [3.8, 4) is 0 Å². The fourth-order valence-corrected chi connectivity index (χ4v) is 1.65. The maximum absolute atomic E-state index is 12.0. The van der Waals surface area contributed by atoms with Crippen molar-refractivity contribution in [2.24, 2.45) is 0 Å². The number of amides is 1. The minimum absolute atomic E-state index is 0.204. The fourth-order valence-electron chi connectivity index (χ4n) is 1.65. The molecule has 0 atom stereocenters. The molecule has 2 aromatic rings. The summed E-state index contributed by atoms with van der Waals surface area (Å²) in [5.41, 5.74) is 7.81. The van der Waals surface area contributed by atoms with Gasteiger partial charge in [0.1, 0.15) is 5.82 Å². The number of carbonyl (C=O) groups excluding carboxylic acids is 1. The summed E-state index contributed by atoms with van der Waals surface area (Å²) in [4.78, 5) is 17.9. The fraction of sp³-hybridized carbons (Fsp3) is 0.143. The molecule has 98 valence electrons. The van der Waals surface area contributed by atoms with Crippen LogP contribution in [0.15, 0.2) is 42.6 Å². The third-order valence-electron chi connectivity index (χ3n) is 2.66. The molecule has 2 rings (SSSR count). The molecule has 1 aromatic carbocycles. The molecule has 1 aromatic heterocycles. The molecule has 0 unspecified atom stereocenters. The largest absolute Gasteiger partial charge is 0.384 e. The van der Waals surface area contributed by atoms with E-state index in [4.69, 9.17) is 5.73 Å². The molecule has 19 heavy (non-hydrogen) atoms. The highest BCUT2D eigenvalue weighted by atomic mass is 16.1. The Morgan fingerprint density at radius 3 is 2.74 bits per heavy atom. The molecule has 1 amide bonds. The van der Waals surface area contributed by atoms with Crippen molar-refractivity contribution in [3.05, 3.63) is 48.2 Å². The Morgan fingerprint density at radius 1 is 1.26 bits per heavy atom. The van der Waals surface area contributed by atoms with E-state index in [1.807, 2.05) is 43.3 Å². The van der Waals surface area contributed by atoms with Crippen molar-refractivity contribution >= 4 is 23.1 Å². The van der Waals surface area contributed by atoms with Crippen molar-refractivity contribution in [2.75, 3.05) is 30.0 Å². The summed E-state index contributed by atoms with van der Waals surface area (Å²) in [6.07, 6.45) is 1.51. The summed E-state index contributed by atoms with van der Waals surface area (Å²) in [5, 5.41) is 2.83. The molecular weight excluding hydrogens is 240 g/mol. The van der Waals surface area contributed by atoms with Gasteiger partial charge in [0.25, 0.3) is 5.91 Å². The predicted octanol–water partition coefficient (Wildman–Crippen LogP) is 1.98. The number of pyridine rings is 1. The number of nitrogens with two attached hydrogens (primary N) is 1. The van der Waals surface area contributed by atoms with Crippen molar-refractivity contribution in [1.82, 2.24) is 4.98 Å². The van der Waals surface area contributed by atoms with Gasteiger partial charge in [-0.25, -0.2) is 4.98 Å². The van der Waals surface area contributed by atoms with E-state index < -0.39 is 0 Å². The van der Waals surface area contributed by atoms with Crippen molar-refractivity contribution < 1.29 is 4.79 Å². The van der Waals surface area contributed by atoms with E-state index in [1.54, 1.807) is 12.1 Å². The lowest BCUT2D eigenvalue weighted by molar-refractivity contribution is 0.102. The highest BCUT2D eigenvalue weighted by Crippen LogP contribution is 2.18. The van der Waals surface area contributed by atoms with E-state index in [1.165, 1.54) is 6.20 Å². The van der Waals surface area contributed by atoms with Crippen LogP contribution >= 0.6 is 0 Å². The second kappa shape index (κ2) is 5.39. The number of nitrogens with one attached hydrogen (secondary N) is 1. The van der Waals surface area contributed by atoms with Gasteiger partial charge in [0, 0.05) is 37.2 Å². The Balaban J connectivity index is 2.17. The zero-order valence-electron chi connectivity index (χ0n) is 10.9. The Hall–Kier alpha value is -2.56. The molecule has 5 nitrogen and oxygen atoms in total. The summed E-state index contributed by atoms with van der Waals surface area (Å²) in [6, 6.07) is 10.8. The number of benzene rings is 1. The van der Waals surface area contributed by atoms with Gasteiger partial charge in [-0.2, -0.15) is 0 Å². The highest BCUT2D eigenvalue weighted by Gasteiger charge is 2.07. The summed E-state index contributed by atoms with van der Waals surface area (Å²) < 4.78 is 0. The maximum Gasteiger partial charge on any atom is 0.255 e. The second-order valence-corrected chi connectivity index (χ2v) is 4.37. The van der Waals surface area contributed by atoms with Crippen molar-refractivity contribution in [1.29, 1.82) is 0 Å². The molecule has 0 radical (unpaired) electrons. The average Bonchev–Trinajstić information content (AvgIpc) is 2.39. The molecule has 3 N–H and O–H groups in total. The first-order chi connectivity index (χ1) is 9.06. The second-order valence-electron chi connectivity index (χ2n) is 4.37. The Bertz CT molecular complexity index is 596. The lowest BCUT2D eigenvalue weighted by atomic mass is 10.2. The Labute approximate surface area is 112 Å². The van der Waals surface area contributed by atoms with Gasteiger partial charge in [-0.05, 0) is 30.3 Å². The minimum Gasteiger partial charge on any atom is -0.384 e. The normalized spacial score (nSPS) is 10.0. The van der Waals surface area contributed by atoms with E-state index in [-0.39, 0.29) is 5.91 Å². The topological polar surface area (TPSA) is 71.2 Å². The van der Waals surface area contributed by atoms with Crippen LogP contribution in [0.1, 0.15) is 10.4 Å². The quantitative estimate of drug-likeness (QED) is 0.881. The first-order valence-electron chi connectivity index (χ1n) is 5.86. The third-order valence-corrected chi connectivity index (χ3v) is 2.66. The van der Waals surface area contributed by atoms with Crippen LogP contribution in [0.5, 0.6) is 0 Å². The summed E-state index contributed by atoms with van der Waals surface area (Å²) in [7, 11) is 3.90. The van der Waals surface area contributed by atoms with Crippen molar-refractivity contribution in [2.45, 2.75) is 0 Å². The van der Waals surface area contributed by atoms with Gasteiger partial charge in [0.05, 0.1) is 0 Å². The molecule has 1 heterocycles. The number of anilines is 3. The van der Waals surface area contributed by atoms with Gasteiger partial charge in [-0.3, -0.25) is 4.79 Å². The number of nitrogens with zero attached hydrogens (tertiary/aromatic N) is 2. The number of rotatable bonds is 3. The van der Waals surface area contributed by atoms with E-state index >= 15 is 0 Å². The number of nitrogen functional groups attached to an aromatic ring is 1. The molecule has 0 bridgehead atoms. The number of carbonyl (C=O) groups is 1. The third kappa shape index (κ3) is 3.22. The number of hydrogen-bond acceptors (Lipinski definition) is 4. The van der Waals surface area contributed by atoms with Gasteiger partial charge in [-0.15, -0.1) is 0 Å². The predicted molar refractivity (Wildman–Crippen MR) is 77.4 cm³/mol. The van der Waals surface area contributed by atoms with E-state index in [0.717, 1.165) is 11.4 Å². The monoisotopic (exact) mass is 256 g/mol. The summed E-state index contributed by atoms with van der Waals surface area (Å²) in [5.74, 6) is 0.125. The SMILES string of the molecule is CN(C)c1cccc(NC(=O)c2ccnc(N)c2)c1. The van der Waals surface area contributed by atoms with Gasteiger partial charge >= 0.3 is 0 Å². The lowest BCUT2D eigenvalue weighted by Crippen LogP contribution is -2.13. The van der Waals surface area contributed by atoms with Crippen molar-refractivity contribution in [3.63, 3.8) is 0 Å². The molecule has 0 aliphatic carbocycles. The van der Waals surface area contributed by atoms with Gasteiger partial charge < -0.3 is 16.0 Å². The average molecular weight is 256 g/mol. The molecule has 0 fully saturated rings. The molecule has 0 spiro atoms. The van der Waals surface area contributed by atoms with Crippen LogP contribution in [0, 0.1) is 0 Å². The highest BCUT2D eigenvalue weighted by molar-refractivity contribution is 6.04. The maximum atomic E-state index is 12.0. The van der Waals surface area contributed by atoms with Gasteiger partial charge in [-0.1, -0.05) is 6.07 Å². The lowest BCUT2D eigenvalue weighted by Gasteiger charge is -2.14. The van der Waals surface area contributed by atoms with Crippen LogP contribution < -0.4 is 16.0 Å². The van der Waals surface area contributed by atoms with E-state index in [2.05, 4.69) is 10.3 Å². The zero-order valence-corrected chi connectivity index (χ0v) is 10.9. The zero-order chi connectivity index (χ0) is 13.8. The smallest absolute Gasteiger partial charge is 0.255 e. The van der Waals surface area contributed by atoms with Crippen LogP contribution in [0.3, 0.4) is 0 Å². The van der Waals surface area contributed by atoms with E-state index in [9.17, 15) is 4.79 Å². The Kier molecular flexibility index (Phi) is 3.66. The number of hydrogen-bond donors (Lipinski definition) is 2.